The molecule has 0 saturated heterocycles. The lowest BCUT2D eigenvalue weighted by Gasteiger charge is -2.10. The van der Waals surface area contributed by atoms with Gasteiger partial charge in [0, 0.05) is 22.3 Å². The lowest BCUT2D eigenvalue weighted by molar-refractivity contribution is 1.39. The highest BCUT2D eigenvalue weighted by Gasteiger charge is 2.18. The predicted molar refractivity (Wildman–Crippen MR) is 406 cm³/mol. The summed E-state index contributed by atoms with van der Waals surface area (Å²) in [6.45, 7) is 11.9. The summed E-state index contributed by atoms with van der Waals surface area (Å²) in [7, 11) is 0. The largest absolute Gasteiger partial charge is 0.192 e. The summed E-state index contributed by atoms with van der Waals surface area (Å²) in [5, 5.41) is 127. The summed E-state index contributed by atoms with van der Waals surface area (Å²) in [5.41, 5.74) is 23.0. The van der Waals surface area contributed by atoms with Gasteiger partial charge in [0.05, 0.1) is 151 Å². The van der Waals surface area contributed by atoms with E-state index in [0.717, 1.165) is 89.0 Å². The molecule has 0 unspecified atom stereocenters. The van der Waals surface area contributed by atoms with Crippen LogP contribution in [0.2, 0.25) is 0 Å². The molecule has 0 saturated carbocycles. The molecule has 14 nitrogen and oxygen atoms in total. The number of hydrogen-bond donors (Lipinski definition) is 0. The molecule has 0 aliphatic carbocycles. The molecule has 0 atom stereocenters. The average molecular weight is 1360 g/mol. The minimum absolute atomic E-state index is 0.236. The molecule has 12 aromatic rings. The summed E-state index contributed by atoms with van der Waals surface area (Å²) < 4.78 is 0. The second-order valence-corrected chi connectivity index (χ2v) is 23.4. The minimum Gasteiger partial charge on any atom is -0.192 e. The quantitative estimate of drug-likeness (QED) is 0.149. The summed E-state index contributed by atoms with van der Waals surface area (Å²) >= 11 is 0. The minimum atomic E-state index is 0.236. The Bertz CT molecular complexity index is 5900. The van der Waals surface area contributed by atoms with E-state index < -0.39 is 0 Å². The Morgan fingerprint density at radius 2 is 0.472 bits per heavy atom. The zero-order valence-corrected chi connectivity index (χ0v) is 58.4. The molecule has 496 valence electrons. The topological polar surface area (TPSA) is 333 Å². The molecule has 12 rings (SSSR count). The maximum atomic E-state index is 9.26. The van der Waals surface area contributed by atoms with Gasteiger partial charge in [0.25, 0.3) is 0 Å². The molecular weight excluding hydrogens is 1300 g/mol. The Balaban J connectivity index is 0.000000178. The normalized spacial score (nSPS) is 9.28. The summed E-state index contributed by atoms with van der Waals surface area (Å²) in [4.78, 5) is 0. The van der Waals surface area contributed by atoms with E-state index in [9.17, 15) is 15.8 Å². The van der Waals surface area contributed by atoms with Crippen molar-refractivity contribution < 1.29 is 0 Å². The fraction of sp³-hybridized carbons (Fsp3) is 0.0652. The molecule has 0 N–H and O–H groups in total. The van der Waals surface area contributed by atoms with Crippen molar-refractivity contribution in [3.8, 4) is 152 Å². The summed E-state index contributed by atoms with van der Waals surface area (Å²) in [6, 6.07) is 103. The van der Waals surface area contributed by atoms with Crippen LogP contribution in [-0.2, 0) is 0 Å². The van der Waals surface area contributed by atoms with Crippen LogP contribution in [0.1, 0.15) is 111 Å². The fourth-order valence-corrected chi connectivity index (χ4v) is 11.3. The number of aryl methyl sites for hydroxylation is 6. The van der Waals surface area contributed by atoms with Gasteiger partial charge in [-0.15, -0.1) is 0 Å². The molecule has 0 amide bonds. The van der Waals surface area contributed by atoms with Crippen molar-refractivity contribution in [3.05, 3.63) is 354 Å². The molecule has 0 aliphatic rings. The molecule has 0 heterocycles. The Labute approximate surface area is 617 Å². The van der Waals surface area contributed by atoms with Gasteiger partial charge in [0.15, 0.2) is 0 Å². The van der Waals surface area contributed by atoms with E-state index in [0.29, 0.717) is 83.5 Å². The van der Waals surface area contributed by atoms with E-state index >= 15 is 0 Å². The van der Waals surface area contributed by atoms with Crippen molar-refractivity contribution in [2.75, 3.05) is 0 Å². The number of rotatable bonds is 6. The first-order valence-corrected chi connectivity index (χ1v) is 32.4. The Morgan fingerprint density at radius 3 is 0.858 bits per heavy atom. The predicted octanol–water partition coefficient (Wildman–Crippen LogP) is 20.2. The van der Waals surface area contributed by atoms with Gasteiger partial charge in [-0.3, -0.25) is 0 Å². The van der Waals surface area contributed by atoms with Crippen LogP contribution in [-0.4, -0.2) is 0 Å². The van der Waals surface area contributed by atoms with Crippen LogP contribution in [0.3, 0.4) is 0 Å². The average Bonchev–Trinajstić information content (AvgIpc) is 0.804. The second kappa shape index (κ2) is 38.0. The summed E-state index contributed by atoms with van der Waals surface area (Å²) in [5.74, 6) is 0. The maximum Gasteiger partial charge on any atom is 0.101 e. The Hall–Kier alpha value is -16.5. The van der Waals surface area contributed by atoms with E-state index in [1.54, 1.807) is 60.7 Å². The van der Waals surface area contributed by atoms with E-state index in [2.05, 4.69) is 60.7 Å². The first kappa shape index (κ1) is 76.9. The van der Waals surface area contributed by atoms with Crippen molar-refractivity contribution >= 4 is 0 Å². The molecule has 0 bridgehead atoms. The Morgan fingerprint density at radius 1 is 0.170 bits per heavy atom. The van der Waals surface area contributed by atoms with Gasteiger partial charge in [-0.1, -0.05) is 158 Å². The van der Waals surface area contributed by atoms with Crippen molar-refractivity contribution in [2.45, 2.75) is 41.5 Å². The standard InChI is InChI=1S/2C16H9N3.4C15H10N2/c1-11-4-2-3-5-15(11)16-13(9-18)6-12(8-17)7-14(16)10-19;1-11-4-2-3-5-14(11)15-7-12(8-17)6-13(9-18)16(15)10-19;1-11-5-2-3-8-14(11)15-12(9-16)6-4-7-13(15)10-17;1-11-4-2-3-5-15(11)14-7-12(9-16)6-13(8-14)10-17;1-11-4-2-3-5-14(11)15-7-6-12(9-16)8-13(15)10-17;1-11-4-2-3-5-14(11)15-8-12(9-16)6-7-13(15)10-17/h2*2-7H,1H3;4*2-8H,1H3. The van der Waals surface area contributed by atoms with Gasteiger partial charge < -0.3 is 0 Å². The van der Waals surface area contributed by atoms with Crippen LogP contribution in [0.25, 0.3) is 66.8 Å². The van der Waals surface area contributed by atoms with Gasteiger partial charge in [0.2, 0.25) is 0 Å². The molecule has 0 fully saturated rings. The van der Waals surface area contributed by atoms with Crippen molar-refractivity contribution in [2.24, 2.45) is 0 Å². The van der Waals surface area contributed by atoms with E-state index in [-0.39, 0.29) is 5.56 Å². The first-order valence-electron chi connectivity index (χ1n) is 32.4. The highest BCUT2D eigenvalue weighted by atomic mass is 14.3. The second-order valence-electron chi connectivity index (χ2n) is 23.4. The number of nitrogens with zero attached hydrogens (tertiary/aromatic N) is 14. The molecule has 0 aliphatic heterocycles. The zero-order valence-electron chi connectivity index (χ0n) is 58.4. The van der Waals surface area contributed by atoms with Crippen LogP contribution in [0.5, 0.6) is 0 Å². The highest BCUT2D eigenvalue weighted by Crippen LogP contribution is 2.35. The third-order valence-corrected chi connectivity index (χ3v) is 16.6. The van der Waals surface area contributed by atoms with Crippen LogP contribution < -0.4 is 0 Å². The van der Waals surface area contributed by atoms with Gasteiger partial charge >= 0.3 is 0 Å². The number of nitriles is 14. The molecule has 0 aromatic heterocycles. The van der Waals surface area contributed by atoms with Gasteiger partial charge in [-0.25, -0.2) is 0 Å². The Kier molecular flexibility index (Phi) is 27.6. The van der Waals surface area contributed by atoms with E-state index in [4.69, 9.17) is 57.9 Å². The van der Waals surface area contributed by atoms with Crippen molar-refractivity contribution in [1.82, 2.24) is 0 Å². The number of benzene rings is 12. The lowest BCUT2D eigenvalue weighted by atomic mass is 9.91. The van der Waals surface area contributed by atoms with Gasteiger partial charge in [-0.05, 0) is 204 Å². The third kappa shape index (κ3) is 19.0. The van der Waals surface area contributed by atoms with Crippen LogP contribution in [0.15, 0.2) is 243 Å². The van der Waals surface area contributed by atoms with E-state index in [1.165, 1.54) is 18.2 Å². The van der Waals surface area contributed by atoms with E-state index in [1.807, 2.05) is 230 Å². The van der Waals surface area contributed by atoms with Crippen molar-refractivity contribution in [3.63, 3.8) is 0 Å². The fourth-order valence-electron chi connectivity index (χ4n) is 11.3. The monoisotopic (exact) mass is 1360 g/mol. The van der Waals surface area contributed by atoms with Crippen molar-refractivity contribution in [1.29, 1.82) is 73.7 Å². The van der Waals surface area contributed by atoms with Gasteiger partial charge in [-0.2, -0.15) is 73.7 Å². The molecule has 0 spiro atoms. The highest BCUT2D eigenvalue weighted by molar-refractivity contribution is 5.82. The van der Waals surface area contributed by atoms with Gasteiger partial charge in [0.1, 0.15) is 12.1 Å². The molecule has 14 heteroatoms. The first-order chi connectivity index (χ1) is 51.4. The lowest BCUT2D eigenvalue weighted by Crippen LogP contribution is -1.94. The van der Waals surface area contributed by atoms with Crippen LogP contribution in [0, 0.1) is 200 Å². The zero-order chi connectivity index (χ0) is 76.7. The van der Waals surface area contributed by atoms with Crippen LogP contribution in [0.4, 0.5) is 0 Å². The maximum absolute atomic E-state index is 9.26. The molecular formula is C92H58N14. The molecule has 0 radical (unpaired) electrons. The smallest absolute Gasteiger partial charge is 0.101 e. The number of hydrogen-bond acceptors (Lipinski definition) is 14. The third-order valence-electron chi connectivity index (χ3n) is 16.6. The summed E-state index contributed by atoms with van der Waals surface area (Å²) in [6.07, 6.45) is 0. The molecule has 12 aromatic carbocycles. The SMILES string of the molecule is Cc1ccccc1-c1c(C#N)cc(C#N)cc1C#N.Cc1ccccc1-c1c(C#N)cccc1C#N.Cc1ccccc1-c1cc(C#N)cc(C#N)c1.Cc1ccccc1-c1cc(C#N)cc(C#N)c1C#N.Cc1ccccc1-c1cc(C#N)ccc1C#N.Cc1ccccc1-c1ccc(C#N)cc1C#N. The molecule has 106 heavy (non-hydrogen) atoms. The van der Waals surface area contributed by atoms with Crippen LogP contribution >= 0.6 is 0 Å².